The fourth-order valence-electron chi connectivity index (χ4n) is 1.12. The van der Waals surface area contributed by atoms with Crippen LogP contribution in [-0.4, -0.2) is 44.3 Å². The highest BCUT2D eigenvalue weighted by molar-refractivity contribution is 7.91. The number of aliphatic imine (C=N–C) groups is 1. The Bertz CT molecular complexity index is 303. The molecule has 2 atom stereocenters. The van der Waals surface area contributed by atoms with Crippen molar-refractivity contribution < 1.29 is 18.2 Å². The number of alkyl halides is 1. The van der Waals surface area contributed by atoms with E-state index in [0.717, 1.165) is 6.40 Å². The molecule has 1 aliphatic heterocycles. The van der Waals surface area contributed by atoms with Crippen molar-refractivity contribution in [1.82, 2.24) is 0 Å². The highest BCUT2D eigenvalue weighted by Gasteiger charge is 2.36. The summed E-state index contributed by atoms with van der Waals surface area (Å²) in [4.78, 5) is 12.9. The molecule has 1 saturated heterocycles. The molecule has 5 nitrogen and oxygen atoms in total. The van der Waals surface area contributed by atoms with Crippen LogP contribution in [-0.2, 0) is 19.6 Å². The minimum atomic E-state index is -3.03. The van der Waals surface area contributed by atoms with E-state index in [2.05, 4.69) is 14.8 Å². The summed E-state index contributed by atoms with van der Waals surface area (Å²) in [5, 5.41) is -0.471. The first-order valence-electron chi connectivity index (χ1n) is 4.19. The third-order valence-electron chi connectivity index (χ3n) is 1.74. The van der Waals surface area contributed by atoms with Crippen LogP contribution in [0.2, 0.25) is 0 Å². The maximum absolute atomic E-state index is 11.1. The molecular formula is C7H12ClNO4S. The van der Waals surface area contributed by atoms with Crippen LogP contribution in [0.4, 0.5) is 0 Å². The highest BCUT2D eigenvalue weighted by atomic mass is 35.5. The minimum Gasteiger partial charge on any atom is -0.325 e. The number of nitrogens with zero attached hydrogens (tertiary/aromatic N) is 1. The van der Waals surface area contributed by atoms with E-state index in [0.29, 0.717) is 6.61 Å². The molecule has 0 N–H and O–H groups in total. The summed E-state index contributed by atoms with van der Waals surface area (Å²) in [5.41, 5.74) is 0. The van der Waals surface area contributed by atoms with Crippen molar-refractivity contribution in [1.29, 1.82) is 0 Å². The molecule has 0 bridgehead atoms. The molecule has 1 unspecified atom stereocenters. The SMILES string of the molecule is CCOOC=NC1CS(=O)(=O)C[C@H]1Cl. The molecule has 0 aliphatic carbocycles. The summed E-state index contributed by atoms with van der Waals surface area (Å²) in [6.45, 7) is 2.16. The van der Waals surface area contributed by atoms with Crippen molar-refractivity contribution in [2.75, 3.05) is 18.1 Å². The van der Waals surface area contributed by atoms with E-state index in [1.165, 1.54) is 0 Å². The van der Waals surface area contributed by atoms with Crippen LogP contribution in [0.5, 0.6) is 0 Å². The lowest BCUT2D eigenvalue weighted by Gasteiger charge is -2.04. The first-order chi connectivity index (χ1) is 6.55. The predicted molar refractivity (Wildman–Crippen MR) is 53.3 cm³/mol. The van der Waals surface area contributed by atoms with Crippen molar-refractivity contribution in [2.45, 2.75) is 18.3 Å². The molecule has 14 heavy (non-hydrogen) atoms. The van der Waals surface area contributed by atoms with Gasteiger partial charge in [-0.1, -0.05) is 0 Å². The molecule has 0 spiro atoms. The topological polar surface area (TPSA) is 65.0 Å². The summed E-state index contributed by atoms with van der Waals surface area (Å²) < 4.78 is 22.2. The van der Waals surface area contributed by atoms with Crippen LogP contribution in [0.25, 0.3) is 0 Å². The molecule has 1 aliphatic rings. The Morgan fingerprint density at radius 1 is 1.57 bits per heavy atom. The first kappa shape index (κ1) is 11.7. The largest absolute Gasteiger partial charge is 0.325 e. The van der Waals surface area contributed by atoms with Gasteiger partial charge in [0, 0.05) is 0 Å². The molecule has 1 heterocycles. The molecule has 0 saturated carbocycles. The van der Waals surface area contributed by atoms with Gasteiger partial charge in [0.1, 0.15) is 0 Å². The standard InChI is InChI=1S/C7H12ClNO4S/c1-2-12-13-5-9-7-4-14(10,11)3-6(7)8/h5-7H,2-4H2,1H3/t6-,7?/m1/s1. The summed E-state index contributed by atoms with van der Waals surface area (Å²) in [6.07, 6.45) is 1.09. The summed E-state index contributed by atoms with van der Waals surface area (Å²) >= 11 is 5.79. The van der Waals surface area contributed by atoms with E-state index in [-0.39, 0.29) is 11.5 Å². The third kappa shape index (κ3) is 3.43. The predicted octanol–water partition coefficient (Wildman–Crippen LogP) is 0.387. The van der Waals surface area contributed by atoms with Crippen LogP contribution < -0.4 is 0 Å². The smallest absolute Gasteiger partial charge is 0.215 e. The van der Waals surface area contributed by atoms with Crippen molar-refractivity contribution in [3.8, 4) is 0 Å². The number of sulfone groups is 1. The first-order valence-corrected chi connectivity index (χ1v) is 6.45. The van der Waals surface area contributed by atoms with Crippen molar-refractivity contribution in [2.24, 2.45) is 4.99 Å². The number of hydrogen-bond donors (Lipinski definition) is 0. The van der Waals surface area contributed by atoms with E-state index in [4.69, 9.17) is 11.6 Å². The quantitative estimate of drug-likeness (QED) is 0.178. The van der Waals surface area contributed by atoms with E-state index in [1.54, 1.807) is 6.92 Å². The zero-order valence-electron chi connectivity index (χ0n) is 7.72. The zero-order valence-corrected chi connectivity index (χ0v) is 9.29. The van der Waals surface area contributed by atoms with Gasteiger partial charge < -0.3 is 4.89 Å². The Morgan fingerprint density at radius 3 is 2.79 bits per heavy atom. The lowest BCUT2D eigenvalue weighted by molar-refractivity contribution is -0.212. The van der Waals surface area contributed by atoms with Crippen molar-refractivity contribution in [3.05, 3.63) is 0 Å². The van der Waals surface area contributed by atoms with Gasteiger partial charge in [0.05, 0.1) is 29.5 Å². The van der Waals surface area contributed by atoms with Crippen LogP contribution in [0.3, 0.4) is 0 Å². The lowest BCUT2D eigenvalue weighted by Crippen LogP contribution is -2.16. The second kappa shape index (κ2) is 4.95. The summed E-state index contributed by atoms with van der Waals surface area (Å²) in [5.74, 6) is -0.0433. The number of hydrogen-bond acceptors (Lipinski definition) is 5. The Hall–Kier alpha value is -0.330. The third-order valence-corrected chi connectivity index (χ3v) is 4.08. The second-order valence-corrected chi connectivity index (χ2v) is 5.63. The van der Waals surface area contributed by atoms with Gasteiger partial charge in [0.15, 0.2) is 9.84 Å². The van der Waals surface area contributed by atoms with Gasteiger partial charge in [-0.3, -0.25) is 0 Å². The van der Waals surface area contributed by atoms with Gasteiger partial charge in [-0.25, -0.2) is 13.4 Å². The number of rotatable bonds is 4. The molecule has 7 heteroatoms. The molecular weight excluding hydrogens is 230 g/mol. The van der Waals surface area contributed by atoms with Gasteiger partial charge in [0.2, 0.25) is 6.40 Å². The zero-order chi connectivity index (χ0) is 10.6. The molecule has 0 aromatic heterocycles. The Labute approximate surface area is 87.9 Å². The van der Waals surface area contributed by atoms with Crippen molar-refractivity contribution in [3.63, 3.8) is 0 Å². The van der Waals surface area contributed by atoms with E-state index < -0.39 is 21.3 Å². The van der Waals surface area contributed by atoms with Gasteiger partial charge in [-0.15, -0.1) is 11.6 Å². The Balaban J connectivity index is 2.43. The summed E-state index contributed by atoms with van der Waals surface area (Å²) in [7, 11) is -3.03. The van der Waals surface area contributed by atoms with E-state index >= 15 is 0 Å². The van der Waals surface area contributed by atoms with E-state index in [9.17, 15) is 8.42 Å². The maximum Gasteiger partial charge on any atom is 0.215 e. The molecule has 0 amide bonds. The fraction of sp³-hybridized carbons (Fsp3) is 0.857. The van der Waals surface area contributed by atoms with Crippen LogP contribution >= 0.6 is 11.6 Å². The monoisotopic (exact) mass is 241 g/mol. The molecule has 0 radical (unpaired) electrons. The molecule has 1 fully saturated rings. The minimum absolute atomic E-state index is 0.0207. The average Bonchev–Trinajstić information content (AvgIpc) is 2.34. The van der Waals surface area contributed by atoms with Gasteiger partial charge >= 0.3 is 0 Å². The van der Waals surface area contributed by atoms with Gasteiger partial charge in [-0.05, 0) is 6.92 Å². The van der Waals surface area contributed by atoms with Gasteiger partial charge in [-0.2, -0.15) is 4.89 Å². The molecule has 82 valence electrons. The Morgan fingerprint density at radius 2 is 2.29 bits per heavy atom. The molecule has 0 aromatic rings. The van der Waals surface area contributed by atoms with Crippen LogP contribution in [0, 0.1) is 0 Å². The molecule has 1 rings (SSSR count). The van der Waals surface area contributed by atoms with Crippen molar-refractivity contribution >= 4 is 27.8 Å². The van der Waals surface area contributed by atoms with Gasteiger partial charge in [0.25, 0.3) is 0 Å². The van der Waals surface area contributed by atoms with E-state index in [1.807, 2.05) is 0 Å². The lowest BCUT2D eigenvalue weighted by atomic mass is 10.3. The fourth-order valence-corrected chi connectivity index (χ4v) is 3.64. The molecule has 0 aromatic carbocycles. The Kier molecular flexibility index (Phi) is 4.15. The maximum atomic E-state index is 11.1. The van der Waals surface area contributed by atoms with Crippen LogP contribution in [0.15, 0.2) is 4.99 Å². The normalized spacial score (nSPS) is 31.0. The average molecular weight is 242 g/mol. The number of halogens is 1. The highest BCUT2D eigenvalue weighted by Crippen LogP contribution is 2.20. The second-order valence-electron chi connectivity index (χ2n) is 2.92. The summed E-state index contributed by atoms with van der Waals surface area (Å²) in [6, 6.07) is -0.429. The van der Waals surface area contributed by atoms with Crippen LogP contribution in [0.1, 0.15) is 6.92 Å².